The molecule has 2 aromatic carbocycles. The topological polar surface area (TPSA) is 184 Å². The number of aromatic amines is 1. The van der Waals surface area contributed by atoms with Crippen LogP contribution in [0.3, 0.4) is 0 Å². The average Bonchev–Trinajstić information content (AvgIpc) is 3.82. The van der Waals surface area contributed by atoms with E-state index in [4.69, 9.17) is 5.73 Å². The quantitative estimate of drug-likeness (QED) is 0.161. The van der Waals surface area contributed by atoms with Gasteiger partial charge < -0.3 is 26.3 Å². The molecule has 53 heavy (non-hydrogen) atoms. The van der Waals surface area contributed by atoms with Gasteiger partial charge >= 0.3 is 0 Å². The van der Waals surface area contributed by atoms with Crippen molar-refractivity contribution in [3.8, 4) is 0 Å². The van der Waals surface area contributed by atoms with E-state index in [0.29, 0.717) is 43.8 Å². The van der Waals surface area contributed by atoms with Gasteiger partial charge in [0.1, 0.15) is 18.1 Å². The van der Waals surface area contributed by atoms with Crippen LogP contribution >= 0.6 is 0 Å². The SMILES string of the molecule is CN1C[C@H](C(=O)N[C@@H](Cc2ccc([N+](=O)[O-])cc2)C(=O)N[C@@H](CCC2CCCCC2)C(=O)N2CCC[C@H]2C(N)=O)C=C2c3cccc4[nH]cc(c34)C[C@H]21. The van der Waals surface area contributed by atoms with Crippen LogP contribution in [0.2, 0.25) is 0 Å². The van der Waals surface area contributed by atoms with Gasteiger partial charge in [-0.2, -0.15) is 0 Å². The van der Waals surface area contributed by atoms with Crippen LogP contribution in [0.25, 0.3) is 16.5 Å². The van der Waals surface area contributed by atoms with Gasteiger partial charge in [0, 0.05) is 54.8 Å². The number of aromatic nitrogens is 1. The number of non-ortho nitro benzene ring substituents is 1. The number of hydrogen-bond acceptors (Lipinski definition) is 7. The summed E-state index contributed by atoms with van der Waals surface area (Å²) < 4.78 is 0. The Morgan fingerprint density at radius 3 is 2.51 bits per heavy atom. The van der Waals surface area contributed by atoms with E-state index in [-0.39, 0.29) is 30.0 Å². The van der Waals surface area contributed by atoms with E-state index in [1.165, 1.54) is 34.4 Å². The summed E-state index contributed by atoms with van der Waals surface area (Å²) in [5, 5.41) is 18.5. The lowest BCUT2D eigenvalue weighted by Crippen LogP contribution is -2.57. The normalized spacial score (nSPS) is 22.8. The number of nitrogens with two attached hydrogens (primary N) is 1. The van der Waals surface area contributed by atoms with Crippen molar-refractivity contribution in [2.24, 2.45) is 17.6 Å². The van der Waals surface area contributed by atoms with Crippen LogP contribution in [0.5, 0.6) is 0 Å². The molecule has 3 heterocycles. The third-order valence-corrected chi connectivity index (χ3v) is 11.9. The number of hydrogen-bond donors (Lipinski definition) is 4. The Hall–Kier alpha value is -5.04. The Labute approximate surface area is 308 Å². The predicted molar refractivity (Wildman–Crippen MR) is 200 cm³/mol. The predicted octanol–water partition coefficient (Wildman–Crippen LogP) is 3.99. The van der Waals surface area contributed by atoms with E-state index >= 15 is 0 Å². The smallest absolute Gasteiger partial charge is 0.269 e. The highest BCUT2D eigenvalue weighted by Gasteiger charge is 2.39. The van der Waals surface area contributed by atoms with Gasteiger partial charge in [-0.15, -0.1) is 0 Å². The van der Waals surface area contributed by atoms with Crippen molar-refractivity contribution in [3.05, 3.63) is 81.5 Å². The summed E-state index contributed by atoms with van der Waals surface area (Å²) in [6.45, 7) is 0.835. The van der Waals surface area contributed by atoms with Gasteiger partial charge in [0.2, 0.25) is 23.6 Å². The molecule has 4 aliphatic rings. The molecular formula is C40H49N7O6. The van der Waals surface area contributed by atoms with Gasteiger partial charge in [0.25, 0.3) is 5.69 Å². The fourth-order valence-corrected chi connectivity index (χ4v) is 9.03. The zero-order chi connectivity index (χ0) is 37.2. The zero-order valence-corrected chi connectivity index (χ0v) is 30.2. The summed E-state index contributed by atoms with van der Waals surface area (Å²) in [7, 11) is 2.01. The molecule has 5 atom stereocenters. The molecule has 2 aliphatic carbocycles. The van der Waals surface area contributed by atoms with Gasteiger partial charge in [-0.1, -0.05) is 62.4 Å². The molecule has 0 spiro atoms. The minimum Gasteiger partial charge on any atom is -0.368 e. The fraction of sp³-hybridized carbons (Fsp3) is 0.500. The van der Waals surface area contributed by atoms with E-state index in [2.05, 4.69) is 32.8 Å². The number of benzene rings is 2. The van der Waals surface area contributed by atoms with Crippen LogP contribution in [-0.2, 0) is 32.0 Å². The van der Waals surface area contributed by atoms with Gasteiger partial charge in [-0.05, 0) is 73.4 Å². The number of rotatable bonds is 12. The summed E-state index contributed by atoms with van der Waals surface area (Å²) in [6, 6.07) is 9.46. The second kappa shape index (κ2) is 15.5. The van der Waals surface area contributed by atoms with Gasteiger partial charge in [-0.3, -0.25) is 34.2 Å². The molecule has 280 valence electrons. The van der Waals surface area contributed by atoms with Crippen molar-refractivity contribution in [1.82, 2.24) is 25.4 Å². The second-order valence-corrected chi connectivity index (χ2v) is 15.4. The summed E-state index contributed by atoms with van der Waals surface area (Å²) in [5.74, 6) is -1.86. The Morgan fingerprint density at radius 2 is 1.77 bits per heavy atom. The largest absolute Gasteiger partial charge is 0.368 e. The number of likely N-dealkylation sites (tertiary alicyclic amines) is 1. The zero-order valence-electron chi connectivity index (χ0n) is 30.2. The number of carbonyl (C=O) groups is 4. The number of H-pyrrole nitrogens is 1. The lowest BCUT2D eigenvalue weighted by atomic mass is 9.79. The summed E-state index contributed by atoms with van der Waals surface area (Å²) in [4.78, 5) is 72.8. The maximum Gasteiger partial charge on any atom is 0.269 e. The molecule has 5 N–H and O–H groups in total. The molecule has 1 saturated carbocycles. The number of nitro groups is 1. The average molecular weight is 724 g/mol. The second-order valence-electron chi connectivity index (χ2n) is 15.4. The van der Waals surface area contributed by atoms with Crippen LogP contribution in [0.1, 0.15) is 74.5 Å². The molecule has 13 nitrogen and oxygen atoms in total. The molecular weight excluding hydrogens is 674 g/mol. The monoisotopic (exact) mass is 723 g/mol. The molecule has 0 unspecified atom stereocenters. The van der Waals surface area contributed by atoms with Crippen molar-refractivity contribution in [3.63, 3.8) is 0 Å². The van der Waals surface area contributed by atoms with Gasteiger partial charge in [0.15, 0.2) is 0 Å². The van der Waals surface area contributed by atoms with Crippen molar-refractivity contribution >= 4 is 45.8 Å². The molecule has 1 aromatic heterocycles. The van der Waals surface area contributed by atoms with E-state index in [1.54, 1.807) is 12.1 Å². The van der Waals surface area contributed by atoms with Crippen molar-refractivity contribution in [2.45, 2.75) is 94.8 Å². The number of primary amides is 1. The van der Waals surface area contributed by atoms with Crippen molar-refractivity contribution in [1.29, 1.82) is 0 Å². The number of nitro benzene ring substituents is 1. The van der Waals surface area contributed by atoms with Crippen LogP contribution in [0, 0.1) is 22.0 Å². The summed E-state index contributed by atoms with van der Waals surface area (Å²) >= 11 is 0. The van der Waals surface area contributed by atoms with Crippen molar-refractivity contribution < 1.29 is 24.1 Å². The molecule has 0 bridgehead atoms. The minimum atomic E-state index is -1.08. The third kappa shape index (κ3) is 7.71. The van der Waals surface area contributed by atoms with E-state index in [1.807, 2.05) is 25.3 Å². The minimum absolute atomic E-state index is 0.0561. The molecule has 2 aliphatic heterocycles. The van der Waals surface area contributed by atoms with Crippen LogP contribution < -0.4 is 16.4 Å². The highest BCUT2D eigenvalue weighted by molar-refractivity contribution is 6.00. The van der Waals surface area contributed by atoms with Gasteiger partial charge in [-0.25, -0.2) is 0 Å². The third-order valence-electron chi connectivity index (χ3n) is 11.9. The molecule has 3 aromatic rings. The number of amides is 4. The molecule has 2 fully saturated rings. The van der Waals surface area contributed by atoms with E-state index in [0.717, 1.165) is 55.2 Å². The Bertz CT molecular complexity index is 1920. The summed E-state index contributed by atoms with van der Waals surface area (Å²) in [6.07, 6.45) is 12.9. The highest BCUT2D eigenvalue weighted by Crippen LogP contribution is 2.41. The highest BCUT2D eigenvalue weighted by atomic mass is 16.6. The molecule has 0 radical (unpaired) electrons. The first-order chi connectivity index (χ1) is 25.6. The Balaban J connectivity index is 1.15. The first-order valence-corrected chi connectivity index (χ1v) is 19.0. The van der Waals surface area contributed by atoms with Crippen LogP contribution in [-0.4, -0.2) is 87.6 Å². The lowest BCUT2D eigenvalue weighted by Gasteiger charge is -2.39. The summed E-state index contributed by atoms with van der Waals surface area (Å²) in [5.41, 5.74) is 10.7. The Kier molecular flexibility index (Phi) is 10.6. The standard InChI is InChI=1S/C40H49N7O6/c1-45-23-27(20-30-29-9-5-10-31-36(29)26(22-42-31)21-35(30)45)38(49)44-33(19-25-12-15-28(16-13-25)47(52)53)39(50)43-32(17-14-24-7-3-2-4-8-24)40(51)46-18-6-11-34(46)37(41)48/h5,9-10,12-13,15-16,20,22,24,27,32-35,42H,2-4,6-8,11,14,17-19,21,23H2,1H3,(H2,41,48)(H,43,50)(H,44,49)/t27-,32+,33+,34+,35-/m1/s1. The number of likely N-dealkylation sites (N-methyl/N-ethyl adjacent to an activating group) is 1. The van der Waals surface area contributed by atoms with Crippen LogP contribution in [0.4, 0.5) is 5.69 Å². The fourth-order valence-electron chi connectivity index (χ4n) is 9.03. The number of carbonyl (C=O) groups excluding carboxylic acids is 4. The molecule has 4 amide bonds. The molecule has 13 heteroatoms. The molecule has 1 saturated heterocycles. The van der Waals surface area contributed by atoms with E-state index in [9.17, 15) is 29.3 Å². The number of nitrogens with zero attached hydrogens (tertiary/aromatic N) is 3. The number of fused-ring (bicyclic) bond motifs is 2. The maximum atomic E-state index is 14.3. The van der Waals surface area contributed by atoms with E-state index < -0.39 is 40.8 Å². The van der Waals surface area contributed by atoms with Crippen LogP contribution in [0.15, 0.2) is 54.7 Å². The van der Waals surface area contributed by atoms with Gasteiger partial charge in [0.05, 0.1) is 10.8 Å². The first kappa shape index (κ1) is 36.3. The first-order valence-electron chi connectivity index (χ1n) is 19.0. The Morgan fingerprint density at radius 1 is 1.00 bits per heavy atom. The lowest BCUT2D eigenvalue weighted by molar-refractivity contribution is -0.384. The maximum absolute atomic E-state index is 14.3. The molecule has 7 rings (SSSR count). The number of nitrogens with one attached hydrogen (secondary N) is 3. The van der Waals surface area contributed by atoms with Crippen molar-refractivity contribution in [2.75, 3.05) is 20.1 Å².